The first-order valence-electron chi connectivity index (χ1n) is 10.9. The summed E-state index contributed by atoms with van der Waals surface area (Å²) in [4.78, 5) is 12.7. The minimum absolute atomic E-state index is 0.107. The minimum Gasteiger partial charge on any atom is -0.341 e. The van der Waals surface area contributed by atoms with E-state index in [9.17, 15) is 8.78 Å². The smallest absolute Gasteiger partial charge is 0.265 e. The van der Waals surface area contributed by atoms with Gasteiger partial charge in [0.2, 0.25) is 5.95 Å². The number of anilines is 1. The number of aromatic nitrogens is 5. The van der Waals surface area contributed by atoms with Crippen LogP contribution in [0, 0.1) is 0 Å². The van der Waals surface area contributed by atoms with Crippen molar-refractivity contribution in [1.29, 1.82) is 0 Å². The van der Waals surface area contributed by atoms with Crippen LogP contribution in [0.2, 0.25) is 5.02 Å². The molecule has 1 aliphatic carbocycles. The number of hydrogen-bond acceptors (Lipinski definition) is 6. The Morgan fingerprint density at radius 2 is 1.78 bits per heavy atom. The van der Waals surface area contributed by atoms with Gasteiger partial charge in [-0.2, -0.15) is 0 Å². The molecule has 0 N–H and O–H groups in total. The van der Waals surface area contributed by atoms with Gasteiger partial charge in [-0.1, -0.05) is 11.6 Å². The topological polar surface area (TPSA) is 63.0 Å². The Kier molecular flexibility index (Phi) is 4.65. The molecular weight excluding hydrogens is 436 g/mol. The molecule has 2 fully saturated rings. The van der Waals surface area contributed by atoms with E-state index < -0.39 is 12.0 Å². The summed E-state index contributed by atoms with van der Waals surface area (Å²) < 4.78 is 29.9. The van der Waals surface area contributed by atoms with Gasteiger partial charge < -0.3 is 4.90 Å². The third-order valence-corrected chi connectivity index (χ3v) is 6.92. The molecule has 2 aromatic heterocycles. The second kappa shape index (κ2) is 7.45. The summed E-state index contributed by atoms with van der Waals surface area (Å²) in [7, 11) is 0. The zero-order valence-corrected chi connectivity index (χ0v) is 18.1. The highest BCUT2D eigenvalue weighted by atomic mass is 35.5. The summed E-state index contributed by atoms with van der Waals surface area (Å²) in [5.74, 6) is -0.0804. The SMILES string of the molecule is FC1(F)CC1N1Cc2cc(Cl)ccc2-n2c(nnc2C2CCN(c3ncccn3)CC2)C1. The van der Waals surface area contributed by atoms with Gasteiger partial charge in [0.1, 0.15) is 5.82 Å². The largest absolute Gasteiger partial charge is 0.341 e. The second-order valence-corrected chi connectivity index (χ2v) is 9.22. The Hall–Kier alpha value is -2.65. The molecule has 0 radical (unpaired) electrons. The summed E-state index contributed by atoms with van der Waals surface area (Å²) in [6, 6.07) is 6.72. The lowest BCUT2D eigenvalue weighted by molar-refractivity contribution is 0.0663. The fourth-order valence-corrected chi connectivity index (χ4v) is 5.12. The van der Waals surface area contributed by atoms with Crippen molar-refractivity contribution in [3.8, 4) is 5.69 Å². The van der Waals surface area contributed by atoms with E-state index in [1.54, 1.807) is 12.4 Å². The van der Waals surface area contributed by atoms with E-state index in [4.69, 9.17) is 11.6 Å². The van der Waals surface area contributed by atoms with E-state index in [0.717, 1.165) is 49.0 Å². The van der Waals surface area contributed by atoms with Crippen LogP contribution in [0.5, 0.6) is 0 Å². The number of alkyl halides is 2. The lowest BCUT2D eigenvalue weighted by Gasteiger charge is -2.31. The number of fused-ring (bicyclic) bond motifs is 3. The van der Waals surface area contributed by atoms with Gasteiger partial charge in [0, 0.05) is 49.4 Å². The molecule has 2 aliphatic heterocycles. The number of rotatable bonds is 3. The zero-order chi connectivity index (χ0) is 21.9. The van der Waals surface area contributed by atoms with Crippen LogP contribution in [0.1, 0.15) is 42.4 Å². The average molecular weight is 458 g/mol. The van der Waals surface area contributed by atoms with Crippen LogP contribution < -0.4 is 4.90 Å². The molecule has 4 heterocycles. The van der Waals surface area contributed by atoms with E-state index in [0.29, 0.717) is 23.9 Å². The molecule has 1 saturated heterocycles. The number of benzene rings is 1. The maximum absolute atomic E-state index is 13.9. The lowest BCUT2D eigenvalue weighted by atomic mass is 9.95. The fourth-order valence-electron chi connectivity index (χ4n) is 4.92. The van der Waals surface area contributed by atoms with Crippen LogP contribution in [-0.4, -0.2) is 54.7 Å². The molecule has 10 heteroatoms. The Bertz CT molecular complexity index is 1140. The molecule has 1 aromatic carbocycles. The first-order chi connectivity index (χ1) is 15.5. The molecule has 6 rings (SSSR count). The van der Waals surface area contributed by atoms with Crippen molar-refractivity contribution in [2.24, 2.45) is 0 Å². The highest BCUT2D eigenvalue weighted by Gasteiger charge is 2.60. The second-order valence-electron chi connectivity index (χ2n) is 8.78. The van der Waals surface area contributed by atoms with Crippen molar-refractivity contribution in [3.05, 3.63) is 58.9 Å². The maximum atomic E-state index is 13.9. The van der Waals surface area contributed by atoms with Crippen LogP contribution in [0.25, 0.3) is 5.69 Å². The molecule has 32 heavy (non-hydrogen) atoms. The molecule has 7 nitrogen and oxygen atoms in total. The Balaban J connectivity index is 1.32. The predicted molar refractivity (Wildman–Crippen MR) is 115 cm³/mol. The van der Waals surface area contributed by atoms with Gasteiger partial charge in [-0.25, -0.2) is 18.7 Å². The monoisotopic (exact) mass is 457 g/mol. The normalized spacial score (nSPS) is 22.8. The molecule has 0 bridgehead atoms. The first kappa shape index (κ1) is 20.0. The Morgan fingerprint density at radius 1 is 1.03 bits per heavy atom. The molecule has 3 aromatic rings. The third-order valence-electron chi connectivity index (χ3n) is 6.68. The van der Waals surface area contributed by atoms with Gasteiger partial charge in [-0.05, 0) is 42.7 Å². The van der Waals surface area contributed by atoms with Gasteiger partial charge >= 0.3 is 0 Å². The van der Waals surface area contributed by atoms with Gasteiger partial charge in [-0.3, -0.25) is 9.47 Å². The molecule has 0 spiro atoms. The highest BCUT2D eigenvalue weighted by molar-refractivity contribution is 6.30. The van der Waals surface area contributed by atoms with Crippen LogP contribution in [0.4, 0.5) is 14.7 Å². The molecule has 1 atom stereocenters. The number of halogens is 3. The summed E-state index contributed by atoms with van der Waals surface area (Å²) in [6.45, 7) is 2.41. The zero-order valence-electron chi connectivity index (χ0n) is 17.3. The third kappa shape index (κ3) is 3.44. The highest BCUT2D eigenvalue weighted by Crippen LogP contribution is 2.47. The lowest BCUT2D eigenvalue weighted by Crippen LogP contribution is -2.34. The van der Waals surface area contributed by atoms with Crippen LogP contribution in [0.15, 0.2) is 36.7 Å². The predicted octanol–water partition coefficient (Wildman–Crippen LogP) is 3.82. The molecule has 0 amide bonds. The molecule has 1 unspecified atom stereocenters. The molecule has 3 aliphatic rings. The van der Waals surface area contributed by atoms with Gasteiger partial charge in [-0.15, -0.1) is 10.2 Å². The number of hydrogen-bond donors (Lipinski definition) is 0. The van der Waals surface area contributed by atoms with Crippen molar-refractivity contribution < 1.29 is 8.78 Å². The van der Waals surface area contributed by atoms with Crippen LogP contribution in [-0.2, 0) is 13.1 Å². The Morgan fingerprint density at radius 3 is 2.50 bits per heavy atom. The van der Waals surface area contributed by atoms with E-state index in [1.165, 1.54) is 0 Å². The maximum Gasteiger partial charge on any atom is 0.265 e. The summed E-state index contributed by atoms with van der Waals surface area (Å²) in [6.07, 6.45) is 5.19. The van der Waals surface area contributed by atoms with Gasteiger partial charge in [0.25, 0.3) is 5.92 Å². The van der Waals surface area contributed by atoms with E-state index in [1.807, 2.05) is 29.2 Å². The summed E-state index contributed by atoms with van der Waals surface area (Å²) in [5.41, 5.74) is 1.86. The fraction of sp³-hybridized carbons (Fsp3) is 0.455. The quantitative estimate of drug-likeness (QED) is 0.596. The van der Waals surface area contributed by atoms with Crippen molar-refractivity contribution in [2.75, 3.05) is 18.0 Å². The van der Waals surface area contributed by atoms with Crippen molar-refractivity contribution in [1.82, 2.24) is 29.6 Å². The number of nitrogens with zero attached hydrogens (tertiary/aromatic N) is 7. The van der Waals surface area contributed by atoms with Crippen LogP contribution in [0.3, 0.4) is 0 Å². The van der Waals surface area contributed by atoms with Gasteiger partial charge in [0.15, 0.2) is 5.82 Å². The van der Waals surface area contributed by atoms with E-state index >= 15 is 0 Å². The molecule has 1 saturated carbocycles. The summed E-state index contributed by atoms with van der Waals surface area (Å²) >= 11 is 6.27. The Labute approximate surface area is 189 Å². The van der Waals surface area contributed by atoms with Gasteiger partial charge in [0.05, 0.1) is 18.3 Å². The van der Waals surface area contributed by atoms with E-state index in [-0.39, 0.29) is 12.3 Å². The minimum atomic E-state index is -2.64. The number of piperidine rings is 1. The standard InChI is InChI=1S/C22H22ClF2N7/c23-16-2-3-17-15(10-16)12-31(18-11-22(18,24)25)13-19-28-29-20(32(17)19)14-4-8-30(9-5-14)21-26-6-1-7-27-21/h1-3,6-7,10,14,18H,4-5,8-9,11-13H2. The summed E-state index contributed by atoms with van der Waals surface area (Å²) in [5, 5.41) is 9.60. The van der Waals surface area contributed by atoms with E-state index in [2.05, 4.69) is 29.6 Å². The average Bonchev–Trinajstić information content (AvgIpc) is 3.30. The van der Waals surface area contributed by atoms with Crippen LogP contribution >= 0.6 is 11.6 Å². The van der Waals surface area contributed by atoms with Crippen molar-refractivity contribution >= 4 is 17.5 Å². The molecule has 166 valence electrons. The van der Waals surface area contributed by atoms with Crippen molar-refractivity contribution in [2.45, 2.75) is 50.2 Å². The van der Waals surface area contributed by atoms with Crippen molar-refractivity contribution in [3.63, 3.8) is 0 Å². The first-order valence-corrected chi connectivity index (χ1v) is 11.2. The molecular formula is C22H22ClF2N7.